The molecule has 0 radical (unpaired) electrons. The van der Waals surface area contributed by atoms with Gasteiger partial charge in [-0.05, 0) is 38.0 Å². The fraction of sp³-hybridized carbons (Fsp3) is 0.562. The number of carbonyl (C=O) groups excluding carboxylic acids is 1. The number of likely N-dealkylation sites (N-methyl/N-ethyl adjacent to an activating group) is 1. The monoisotopic (exact) mass is 358 g/mol. The van der Waals surface area contributed by atoms with Crippen LogP contribution in [0.25, 0.3) is 0 Å². The van der Waals surface area contributed by atoms with Crippen LogP contribution in [-0.2, 0) is 21.2 Å². The molecule has 1 amide bonds. The summed E-state index contributed by atoms with van der Waals surface area (Å²) in [6.07, 6.45) is 1.68. The third-order valence-electron chi connectivity index (χ3n) is 3.28. The molecule has 136 valence electrons. The molecule has 0 spiro atoms. The number of amides is 1. The second kappa shape index (κ2) is 9.48. The Balaban J connectivity index is 2.55. The van der Waals surface area contributed by atoms with Crippen molar-refractivity contribution >= 4 is 15.9 Å². The highest BCUT2D eigenvalue weighted by molar-refractivity contribution is 7.88. The first kappa shape index (κ1) is 20.2. The fourth-order valence-electron chi connectivity index (χ4n) is 1.97. The zero-order valence-electron chi connectivity index (χ0n) is 14.7. The van der Waals surface area contributed by atoms with Crippen molar-refractivity contribution in [2.24, 2.45) is 0 Å². The van der Waals surface area contributed by atoms with Crippen LogP contribution in [0.1, 0.15) is 19.4 Å². The van der Waals surface area contributed by atoms with E-state index in [4.69, 9.17) is 9.47 Å². The van der Waals surface area contributed by atoms with E-state index in [2.05, 4.69) is 5.32 Å². The molecule has 0 aliphatic heterocycles. The van der Waals surface area contributed by atoms with E-state index in [1.807, 2.05) is 32.0 Å². The molecule has 0 aliphatic rings. The summed E-state index contributed by atoms with van der Waals surface area (Å²) in [6.45, 7) is 5.14. The van der Waals surface area contributed by atoms with Gasteiger partial charge in [0.25, 0.3) is 0 Å². The van der Waals surface area contributed by atoms with Crippen LogP contribution in [0.4, 0.5) is 0 Å². The van der Waals surface area contributed by atoms with Gasteiger partial charge in [-0.1, -0.05) is 6.07 Å². The van der Waals surface area contributed by atoms with Gasteiger partial charge >= 0.3 is 0 Å². The van der Waals surface area contributed by atoms with Gasteiger partial charge in [0.05, 0.1) is 26.0 Å². The number of hydrogen-bond acceptors (Lipinski definition) is 5. The van der Waals surface area contributed by atoms with Gasteiger partial charge in [0.15, 0.2) is 11.5 Å². The van der Waals surface area contributed by atoms with Gasteiger partial charge < -0.3 is 14.8 Å². The standard InChI is InChI=1S/C16H26N2O5S/c1-5-22-14-8-7-13(11-15(14)23-6-2)9-10-17-16(19)12-18(3)24(4,20)21/h7-8,11H,5-6,9-10,12H2,1-4H3,(H,17,19). The minimum absolute atomic E-state index is 0.188. The van der Waals surface area contributed by atoms with Crippen LogP contribution in [-0.4, -0.2) is 58.2 Å². The molecular formula is C16H26N2O5S. The predicted molar refractivity (Wildman–Crippen MR) is 93.0 cm³/mol. The summed E-state index contributed by atoms with van der Waals surface area (Å²) < 4.78 is 34.6. The molecule has 0 saturated carbocycles. The van der Waals surface area contributed by atoms with Gasteiger partial charge in [-0.15, -0.1) is 0 Å². The van der Waals surface area contributed by atoms with E-state index in [0.29, 0.717) is 37.7 Å². The average molecular weight is 358 g/mol. The van der Waals surface area contributed by atoms with E-state index < -0.39 is 10.0 Å². The number of rotatable bonds is 10. The summed E-state index contributed by atoms with van der Waals surface area (Å²) in [5.41, 5.74) is 0.999. The third kappa shape index (κ3) is 6.76. The normalized spacial score (nSPS) is 11.4. The van der Waals surface area contributed by atoms with Gasteiger partial charge in [-0.2, -0.15) is 4.31 Å². The Kier molecular flexibility index (Phi) is 8.00. The number of hydrogen-bond donors (Lipinski definition) is 1. The Morgan fingerprint density at radius 3 is 2.38 bits per heavy atom. The lowest BCUT2D eigenvalue weighted by Crippen LogP contribution is -2.38. The molecule has 0 bridgehead atoms. The average Bonchev–Trinajstić information content (AvgIpc) is 2.49. The van der Waals surface area contributed by atoms with Gasteiger partial charge in [-0.25, -0.2) is 8.42 Å². The molecule has 0 heterocycles. The van der Waals surface area contributed by atoms with Gasteiger partial charge in [-0.3, -0.25) is 4.79 Å². The van der Waals surface area contributed by atoms with Crippen molar-refractivity contribution in [2.45, 2.75) is 20.3 Å². The number of sulfonamides is 1. The lowest BCUT2D eigenvalue weighted by atomic mass is 10.1. The third-order valence-corrected chi connectivity index (χ3v) is 4.54. The van der Waals surface area contributed by atoms with E-state index in [-0.39, 0.29) is 12.5 Å². The molecule has 0 aromatic heterocycles. The molecule has 8 heteroatoms. The smallest absolute Gasteiger partial charge is 0.235 e. The molecule has 0 fully saturated rings. The number of nitrogens with zero attached hydrogens (tertiary/aromatic N) is 1. The summed E-state index contributed by atoms with van der Waals surface area (Å²) in [6, 6.07) is 5.66. The molecular weight excluding hydrogens is 332 g/mol. The molecule has 1 aromatic carbocycles. The van der Waals surface area contributed by atoms with Crippen LogP contribution in [0.5, 0.6) is 11.5 Å². The topological polar surface area (TPSA) is 84.9 Å². The molecule has 7 nitrogen and oxygen atoms in total. The van der Waals surface area contributed by atoms with Gasteiger partial charge in [0.2, 0.25) is 15.9 Å². The maximum Gasteiger partial charge on any atom is 0.235 e. The first-order valence-electron chi connectivity index (χ1n) is 7.84. The first-order chi connectivity index (χ1) is 11.3. The Bertz CT molecular complexity index is 646. The van der Waals surface area contributed by atoms with E-state index in [0.717, 1.165) is 16.1 Å². The number of ether oxygens (including phenoxy) is 2. The van der Waals surface area contributed by atoms with E-state index >= 15 is 0 Å². The predicted octanol–water partition coefficient (Wildman–Crippen LogP) is 1.03. The Hall–Kier alpha value is -1.80. The maximum atomic E-state index is 11.7. The largest absolute Gasteiger partial charge is 0.490 e. The number of nitrogens with one attached hydrogen (secondary N) is 1. The van der Waals surface area contributed by atoms with Crippen LogP contribution in [0.15, 0.2) is 18.2 Å². The van der Waals surface area contributed by atoms with Crippen LogP contribution in [0.3, 0.4) is 0 Å². The van der Waals surface area contributed by atoms with Crippen LogP contribution < -0.4 is 14.8 Å². The van der Waals surface area contributed by atoms with Crippen molar-refractivity contribution in [3.63, 3.8) is 0 Å². The Morgan fingerprint density at radius 1 is 1.17 bits per heavy atom. The van der Waals surface area contributed by atoms with Crippen molar-refractivity contribution in [1.29, 1.82) is 0 Å². The van der Waals surface area contributed by atoms with Crippen molar-refractivity contribution in [1.82, 2.24) is 9.62 Å². The minimum Gasteiger partial charge on any atom is -0.490 e. The highest BCUT2D eigenvalue weighted by Gasteiger charge is 2.14. The van der Waals surface area contributed by atoms with E-state index in [1.165, 1.54) is 7.05 Å². The summed E-state index contributed by atoms with van der Waals surface area (Å²) in [4.78, 5) is 11.7. The second-order valence-electron chi connectivity index (χ2n) is 5.27. The van der Waals surface area contributed by atoms with E-state index in [9.17, 15) is 13.2 Å². The summed E-state index contributed by atoms with van der Waals surface area (Å²) in [5, 5.41) is 2.71. The van der Waals surface area contributed by atoms with Gasteiger partial charge in [0, 0.05) is 13.6 Å². The van der Waals surface area contributed by atoms with Crippen LogP contribution in [0, 0.1) is 0 Å². The Morgan fingerprint density at radius 2 is 1.79 bits per heavy atom. The number of benzene rings is 1. The van der Waals surface area contributed by atoms with Crippen molar-refractivity contribution in [2.75, 3.05) is 39.6 Å². The first-order valence-corrected chi connectivity index (χ1v) is 9.69. The molecule has 1 rings (SSSR count). The lowest BCUT2D eigenvalue weighted by molar-refractivity contribution is -0.121. The highest BCUT2D eigenvalue weighted by Crippen LogP contribution is 2.28. The van der Waals surface area contributed by atoms with Crippen LogP contribution >= 0.6 is 0 Å². The van der Waals surface area contributed by atoms with Crippen molar-refractivity contribution in [3.05, 3.63) is 23.8 Å². The van der Waals surface area contributed by atoms with Crippen molar-refractivity contribution in [3.8, 4) is 11.5 Å². The quantitative estimate of drug-likeness (QED) is 0.675. The summed E-state index contributed by atoms with van der Waals surface area (Å²) in [5.74, 6) is 1.04. The molecule has 0 aliphatic carbocycles. The summed E-state index contributed by atoms with van der Waals surface area (Å²) >= 11 is 0. The molecule has 1 N–H and O–H groups in total. The minimum atomic E-state index is -3.36. The highest BCUT2D eigenvalue weighted by atomic mass is 32.2. The number of carbonyl (C=O) groups is 1. The lowest BCUT2D eigenvalue weighted by Gasteiger charge is -2.14. The van der Waals surface area contributed by atoms with Crippen molar-refractivity contribution < 1.29 is 22.7 Å². The van der Waals surface area contributed by atoms with Gasteiger partial charge in [0.1, 0.15) is 0 Å². The Labute approximate surface area is 144 Å². The SMILES string of the molecule is CCOc1ccc(CCNC(=O)CN(C)S(C)(=O)=O)cc1OCC. The fourth-order valence-corrected chi connectivity index (χ4v) is 2.32. The zero-order valence-corrected chi connectivity index (χ0v) is 15.5. The zero-order chi connectivity index (χ0) is 18.2. The maximum absolute atomic E-state index is 11.7. The molecule has 0 saturated heterocycles. The molecule has 0 atom stereocenters. The van der Waals surface area contributed by atoms with Crippen LogP contribution in [0.2, 0.25) is 0 Å². The second-order valence-corrected chi connectivity index (χ2v) is 7.36. The van der Waals surface area contributed by atoms with E-state index in [1.54, 1.807) is 0 Å². The molecule has 1 aromatic rings. The summed E-state index contributed by atoms with van der Waals surface area (Å²) in [7, 11) is -1.98. The molecule has 0 unspecified atom stereocenters. The molecule has 24 heavy (non-hydrogen) atoms.